The molecule has 0 aliphatic carbocycles. The Kier molecular flexibility index (Phi) is 3.62. The minimum absolute atomic E-state index is 0.542. The van der Waals surface area contributed by atoms with Crippen LogP contribution < -0.4 is 0 Å². The van der Waals surface area contributed by atoms with E-state index in [0.717, 1.165) is 16.3 Å². The molecule has 17 heavy (non-hydrogen) atoms. The minimum Gasteiger partial charge on any atom is -0.235 e. The molecule has 0 aliphatic rings. The summed E-state index contributed by atoms with van der Waals surface area (Å²) in [5.41, 5.74) is 2.50. The number of nitrogens with zero attached hydrogens (tertiary/aromatic N) is 2. The highest BCUT2D eigenvalue weighted by Crippen LogP contribution is 2.28. The molecule has 2 aromatic rings. The number of hydrogen-bond donors (Lipinski definition) is 1. The fourth-order valence-electron chi connectivity index (χ4n) is 1.41. The predicted molar refractivity (Wildman–Crippen MR) is 74.7 cm³/mol. The summed E-state index contributed by atoms with van der Waals surface area (Å²) < 4.78 is 0. The maximum absolute atomic E-state index is 9.04. The van der Waals surface area contributed by atoms with Gasteiger partial charge in [-0.3, -0.25) is 0 Å². The fraction of sp³-hybridized carbons (Fsp3) is 0.0769. The summed E-state index contributed by atoms with van der Waals surface area (Å²) in [6.45, 7) is 1.80. The van der Waals surface area contributed by atoms with Crippen LogP contribution in [0, 0.1) is 11.3 Å². The first kappa shape index (κ1) is 11.9. The van der Waals surface area contributed by atoms with E-state index in [2.05, 4.69) is 23.7 Å². The van der Waals surface area contributed by atoms with Gasteiger partial charge < -0.3 is 0 Å². The van der Waals surface area contributed by atoms with Gasteiger partial charge in [-0.15, -0.1) is 24.0 Å². The van der Waals surface area contributed by atoms with Crippen molar-refractivity contribution in [3.63, 3.8) is 0 Å². The Hall–Kier alpha value is -1.57. The summed E-state index contributed by atoms with van der Waals surface area (Å²) in [6.07, 6.45) is 0. The third-order valence-corrected chi connectivity index (χ3v) is 3.34. The molecule has 0 aliphatic heterocycles. The average molecular weight is 258 g/mol. The average Bonchev–Trinajstić information content (AvgIpc) is 2.80. The minimum atomic E-state index is 0.542. The van der Waals surface area contributed by atoms with E-state index in [-0.39, 0.29) is 0 Å². The van der Waals surface area contributed by atoms with Crippen molar-refractivity contribution in [2.24, 2.45) is 0 Å². The number of hydrogen-bond acceptors (Lipinski definition) is 4. The van der Waals surface area contributed by atoms with Crippen molar-refractivity contribution in [1.29, 1.82) is 5.26 Å². The Morgan fingerprint density at radius 2 is 2.06 bits per heavy atom. The zero-order chi connectivity index (χ0) is 12.3. The van der Waals surface area contributed by atoms with Gasteiger partial charge in [-0.05, 0) is 11.8 Å². The first-order valence-electron chi connectivity index (χ1n) is 5.03. The normalized spacial score (nSPS) is 11.8. The molecule has 0 unspecified atom stereocenters. The van der Waals surface area contributed by atoms with Crippen molar-refractivity contribution >= 4 is 29.5 Å². The van der Waals surface area contributed by atoms with Gasteiger partial charge in [0.05, 0.1) is 11.3 Å². The van der Waals surface area contributed by atoms with E-state index in [1.54, 1.807) is 6.92 Å². The lowest BCUT2D eigenvalue weighted by Crippen LogP contribution is -1.83. The molecule has 0 saturated heterocycles. The Morgan fingerprint density at radius 3 is 2.65 bits per heavy atom. The van der Waals surface area contributed by atoms with Gasteiger partial charge >= 0.3 is 0 Å². The molecule has 0 spiro atoms. The van der Waals surface area contributed by atoms with Gasteiger partial charge in [0.15, 0.2) is 0 Å². The highest BCUT2D eigenvalue weighted by Gasteiger charge is 2.09. The molecule has 2 rings (SSSR count). The molecule has 2 nitrogen and oxygen atoms in total. The van der Waals surface area contributed by atoms with Crippen molar-refractivity contribution in [3.05, 3.63) is 45.6 Å². The van der Waals surface area contributed by atoms with Crippen LogP contribution in [0.1, 0.15) is 11.9 Å². The number of nitriles is 1. The van der Waals surface area contributed by atoms with Crippen LogP contribution in [0.2, 0.25) is 0 Å². The van der Waals surface area contributed by atoms with E-state index in [9.17, 15) is 0 Å². The van der Waals surface area contributed by atoms with Gasteiger partial charge in [0.2, 0.25) is 0 Å². The summed E-state index contributed by atoms with van der Waals surface area (Å²) in [4.78, 5) is 5.16. The van der Waals surface area contributed by atoms with Gasteiger partial charge in [-0.1, -0.05) is 30.3 Å². The van der Waals surface area contributed by atoms with Gasteiger partial charge in [0, 0.05) is 10.9 Å². The predicted octanol–water partition coefficient (Wildman–Crippen LogP) is 3.99. The van der Waals surface area contributed by atoms with Crippen LogP contribution in [0.4, 0.5) is 0 Å². The summed E-state index contributed by atoms with van der Waals surface area (Å²) in [7, 11) is 0. The highest BCUT2D eigenvalue weighted by molar-refractivity contribution is 7.84. The third-order valence-electron chi connectivity index (χ3n) is 2.26. The molecule has 0 atom stereocenters. The van der Waals surface area contributed by atoms with Gasteiger partial charge in [-0.2, -0.15) is 5.26 Å². The van der Waals surface area contributed by atoms with Crippen LogP contribution in [0.15, 0.2) is 40.6 Å². The highest BCUT2D eigenvalue weighted by atomic mass is 32.1. The fourth-order valence-corrected chi connectivity index (χ4v) is 2.52. The number of benzene rings is 1. The number of thiazole rings is 1. The van der Waals surface area contributed by atoms with Crippen LogP contribution >= 0.6 is 24.0 Å². The number of thiol groups is 1. The number of rotatable bonds is 2. The van der Waals surface area contributed by atoms with Crippen LogP contribution in [0.3, 0.4) is 0 Å². The SMILES string of the molecule is C/C(S)=C(\C#N)c1nc(-c2ccccc2)cs1. The van der Waals surface area contributed by atoms with Crippen LogP contribution in [0.5, 0.6) is 0 Å². The first-order chi connectivity index (χ1) is 8.22. The second kappa shape index (κ2) is 5.17. The summed E-state index contributed by atoms with van der Waals surface area (Å²) in [5, 5.41) is 11.7. The maximum Gasteiger partial charge on any atom is 0.135 e. The second-order valence-electron chi connectivity index (χ2n) is 3.48. The standard InChI is InChI=1S/C13H10N2S2/c1-9(16)11(7-14)13-15-12(8-17-13)10-5-3-2-4-6-10/h2-6,8,16H,1H3/b11-9-. The van der Waals surface area contributed by atoms with Gasteiger partial charge in [-0.25, -0.2) is 4.98 Å². The van der Waals surface area contributed by atoms with Crippen molar-refractivity contribution in [1.82, 2.24) is 4.98 Å². The Morgan fingerprint density at radius 1 is 1.35 bits per heavy atom. The molecule has 84 valence electrons. The quantitative estimate of drug-likeness (QED) is 0.653. The largest absolute Gasteiger partial charge is 0.235 e. The number of allylic oxidation sites excluding steroid dienone is 2. The molecule has 1 aromatic carbocycles. The van der Waals surface area contributed by atoms with Crippen molar-refractivity contribution < 1.29 is 0 Å². The third kappa shape index (κ3) is 2.57. The Balaban J connectivity index is 2.42. The van der Waals surface area contributed by atoms with E-state index in [1.165, 1.54) is 11.3 Å². The molecule has 0 bridgehead atoms. The van der Waals surface area contributed by atoms with E-state index in [1.807, 2.05) is 35.7 Å². The summed E-state index contributed by atoms with van der Waals surface area (Å²) in [5.74, 6) is 0. The maximum atomic E-state index is 9.04. The molecular weight excluding hydrogens is 248 g/mol. The van der Waals surface area contributed by atoms with Crippen LogP contribution in [-0.2, 0) is 0 Å². The van der Waals surface area contributed by atoms with Crippen molar-refractivity contribution in [3.8, 4) is 17.3 Å². The monoisotopic (exact) mass is 258 g/mol. The Bertz CT molecular complexity index is 587. The first-order valence-corrected chi connectivity index (χ1v) is 6.36. The molecule has 0 radical (unpaired) electrons. The molecule has 1 aromatic heterocycles. The topological polar surface area (TPSA) is 36.7 Å². The van der Waals surface area contributed by atoms with E-state index < -0.39 is 0 Å². The molecule has 1 heterocycles. The molecular formula is C13H10N2S2. The van der Waals surface area contributed by atoms with Crippen LogP contribution in [0.25, 0.3) is 16.8 Å². The zero-order valence-corrected chi connectivity index (χ0v) is 10.9. The molecule has 4 heteroatoms. The van der Waals surface area contributed by atoms with Gasteiger partial charge in [0.25, 0.3) is 0 Å². The van der Waals surface area contributed by atoms with Crippen LogP contribution in [-0.4, -0.2) is 4.98 Å². The lowest BCUT2D eigenvalue weighted by molar-refractivity contribution is 1.36. The van der Waals surface area contributed by atoms with Crippen molar-refractivity contribution in [2.75, 3.05) is 0 Å². The lowest BCUT2D eigenvalue weighted by atomic mass is 10.2. The molecule has 0 fully saturated rings. The summed E-state index contributed by atoms with van der Waals surface area (Å²) in [6, 6.07) is 12.0. The zero-order valence-electron chi connectivity index (χ0n) is 9.21. The van der Waals surface area contributed by atoms with E-state index in [4.69, 9.17) is 5.26 Å². The summed E-state index contributed by atoms with van der Waals surface area (Å²) >= 11 is 5.67. The van der Waals surface area contributed by atoms with E-state index >= 15 is 0 Å². The lowest BCUT2D eigenvalue weighted by Gasteiger charge is -1.95. The number of aromatic nitrogens is 1. The van der Waals surface area contributed by atoms with E-state index in [0.29, 0.717) is 10.5 Å². The smallest absolute Gasteiger partial charge is 0.135 e. The molecule has 0 amide bonds. The molecule has 0 saturated carbocycles. The molecule has 0 N–H and O–H groups in total. The Labute approximate surface area is 110 Å². The van der Waals surface area contributed by atoms with Crippen molar-refractivity contribution in [2.45, 2.75) is 6.92 Å². The van der Waals surface area contributed by atoms with Gasteiger partial charge in [0.1, 0.15) is 11.1 Å². The second-order valence-corrected chi connectivity index (χ2v) is 5.01.